The maximum Gasteiger partial charge on any atom is 0.258 e. The number of amides is 1. The molecular formula is C25H35Cl3N4O3. The van der Waals surface area contributed by atoms with Crippen LogP contribution in [0.5, 0.6) is 0 Å². The van der Waals surface area contributed by atoms with E-state index in [1.165, 1.54) is 17.3 Å². The molecule has 1 fully saturated rings. The third-order valence-electron chi connectivity index (χ3n) is 6.39. The summed E-state index contributed by atoms with van der Waals surface area (Å²) in [5, 5.41) is 11.3. The Morgan fingerprint density at radius 3 is 2.29 bits per heavy atom. The number of carbonyl (C=O) groups excluding carboxylic acids is 2. The molecule has 0 saturated heterocycles. The summed E-state index contributed by atoms with van der Waals surface area (Å²) in [4.78, 5) is 35.4. The number of rotatable bonds is 8. The number of Topliss-reactive ketones (excluding diaryl/α,β-unsaturated/α-hetero) is 1. The third kappa shape index (κ3) is 7.91. The van der Waals surface area contributed by atoms with E-state index >= 15 is 0 Å². The van der Waals surface area contributed by atoms with Crippen LogP contribution in [0.25, 0.3) is 0 Å². The van der Waals surface area contributed by atoms with Crippen LogP contribution < -0.4 is 5.73 Å². The van der Waals surface area contributed by atoms with Crippen LogP contribution in [0.2, 0.25) is 10.0 Å². The number of hydrogen-bond donors (Lipinski definition) is 2. The zero-order valence-electron chi connectivity index (χ0n) is 20.9. The highest BCUT2D eigenvalue weighted by Crippen LogP contribution is 2.38. The number of pyridine rings is 1. The number of halogens is 3. The minimum Gasteiger partial charge on any atom is -0.404 e. The maximum absolute atomic E-state index is 13.5. The second-order valence-electron chi connectivity index (χ2n) is 10.6. The van der Waals surface area contributed by atoms with Crippen LogP contribution >= 0.6 is 34.8 Å². The molecule has 0 aromatic carbocycles. The van der Waals surface area contributed by atoms with E-state index in [1.807, 2.05) is 27.7 Å². The number of aliphatic hydroxyl groups excluding tert-OH is 1. The highest BCUT2D eigenvalue weighted by atomic mass is 35.5. The number of aliphatic hydroxyl groups is 1. The van der Waals surface area contributed by atoms with Gasteiger partial charge < -0.3 is 15.7 Å². The molecule has 0 aliphatic heterocycles. The van der Waals surface area contributed by atoms with E-state index < -0.39 is 12.0 Å². The van der Waals surface area contributed by atoms with E-state index in [2.05, 4.69) is 9.98 Å². The fourth-order valence-corrected chi connectivity index (χ4v) is 5.08. The highest BCUT2D eigenvalue weighted by Gasteiger charge is 2.35. The third-order valence-corrected chi connectivity index (χ3v) is 7.30. The molecule has 0 bridgehead atoms. The van der Waals surface area contributed by atoms with E-state index in [0.29, 0.717) is 37.8 Å². The summed E-state index contributed by atoms with van der Waals surface area (Å²) < 4.78 is 0. The second-order valence-corrected chi connectivity index (χ2v) is 11.8. The Balaban J connectivity index is 2.25. The molecule has 0 spiro atoms. The summed E-state index contributed by atoms with van der Waals surface area (Å²) in [5.41, 5.74) is 5.54. The summed E-state index contributed by atoms with van der Waals surface area (Å²) >= 11 is 18.9. The van der Waals surface area contributed by atoms with Crippen molar-refractivity contribution in [3.05, 3.63) is 39.8 Å². The largest absolute Gasteiger partial charge is 0.404 e. The average Bonchev–Trinajstić information content (AvgIpc) is 2.74. The molecule has 1 aliphatic rings. The molecule has 1 aromatic rings. The molecular weight excluding hydrogens is 511 g/mol. The first-order valence-electron chi connectivity index (χ1n) is 11.6. The summed E-state index contributed by atoms with van der Waals surface area (Å²) in [6.45, 7) is 9.75. The van der Waals surface area contributed by atoms with Gasteiger partial charge in [-0.1, -0.05) is 62.5 Å². The van der Waals surface area contributed by atoms with Crippen molar-refractivity contribution in [2.75, 3.05) is 13.1 Å². The van der Waals surface area contributed by atoms with Crippen molar-refractivity contribution in [2.24, 2.45) is 21.6 Å². The lowest BCUT2D eigenvalue weighted by Gasteiger charge is -2.34. The van der Waals surface area contributed by atoms with Gasteiger partial charge in [-0.05, 0) is 38.0 Å². The normalized spacial score (nSPS) is 22.6. The van der Waals surface area contributed by atoms with Gasteiger partial charge in [-0.25, -0.2) is 0 Å². The minimum atomic E-state index is -1.15. The Hall–Kier alpha value is -1.67. The topological polar surface area (TPSA) is 109 Å². The maximum atomic E-state index is 13.5. The molecule has 1 aromatic heterocycles. The fraction of sp³-hybridized carbons (Fsp3) is 0.600. The van der Waals surface area contributed by atoms with Crippen LogP contribution in [-0.2, 0) is 9.59 Å². The van der Waals surface area contributed by atoms with Crippen molar-refractivity contribution in [1.29, 1.82) is 0 Å². The summed E-state index contributed by atoms with van der Waals surface area (Å²) in [6.07, 6.45) is 5.59. The summed E-state index contributed by atoms with van der Waals surface area (Å²) in [6, 6.07) is -0.103. The van der Waals surface area contributed by atoms with Gasteiger partial charge in [0.05, 0.1) is 34.3 Å². The Kier molecular flexibility index (Phi) is 10.2. The lowest BCUT2D eigenvalue weighted by Crippen LogP contribution is -2.42. The van der Waals surface area contributed by atoms with Crippen molar-refractivity contribution in [1.82, 2.24) is 9.88 Å². The number of carbonyl (C=O) groups is 2. The number of aliphatic imine (C=N–C) groups is 1. The van der Waals surface area contributed by atoms with Crippen LogP contribution in [0.4, 0.5) is 0 Å². The minimum absolute atomic E-state index is 0.0160. The molecule has 1 aliphatic carbocycles. The van der Waals surface area contributed by atoms with Crippen molar-refractivity contribution in [3.63, 3.8) is 0 Å². The first-order valence-corrected chi connectivity index (χ1v) is 12.7. The number of nitrogens with zero attached hydrogens (tertiary/aromatic N) is 3. The predicted molar refractivity (Wildman–Crippen MR) is 142 cm³/mol. The first-order chi connectivity index (χ1) is 16.2. The van der Waals surface area contributed by atoms with E-state index in [9.17, 15) is 14.7 Å². The van der Waals surface area contributed by atoms with Crippen LogP contribution in [-0.4, -0.2) is 51.0 Å². The van der Waals surface area contributed by atoms with Crippen molar-refractivity contribution in [3.8, 4) is 0 Å². The standard InChI is InChI=1S/C25H35Cl3N4O3/c1-15(33)25(5)8-6-16(7-9-25)31-22(28)17(10-29)23(35)32(14-24(2,3)4)13-20(34)21-18(26)11-30-12-19(21)27/h10-12,16,20,34H,6-9,13-14,29H2,1-5H3. The van der Waals surface area contributed by atoms with Gasteiger partial charge in [0, 0.05) is 36.1 Å². The molecule has 1 atom stereocenters. The van der Waals surface area contributed by atoms with Crippen LogP contribution in [0.1, 0.15) is 72.0 Å². The SMILES string of the molecule is CC(=O)C1(C)CCC(N=C(Cl)C(=CN)C(=O)N(CC(O)c2c(Cl)cncc2Cl)CC(C)(C)C)CC1. The molecule has 1 heterocycles. The van der Waals surface area contributed by atoms with Gasteiger partial charge in [0.25, 0.3) is 5.91 Å². The molecule has 7 nitrogen and oxygen atoms in total. The van der Waals surface area contributed by atoms with Gasteiger partial charge in [0.15, 0.2) is 0 Å². The number of aromatic nitrogens is 1. The second kappa shape index (κ2) is 12.0. The monoisotopic (exact) mass is 544 g/mol. The molecule has 1 amide bonds. The first kappa shape index (κ1) is 29.6. The van der Waals surface area contributed by atoms with Gasteiger partial charge in [-0.15, -0.1) is 0 Å². The molecule has 2 rings (SSSR count). The highest BCUT2D eigenvalue weighted by molar-refractivity contribution is 6.72. The Morgan fingerprint density at radius 1 is 1.29 bits per heavy atom. The molecule has 194 valence electrons. The van der Waals surface area contributed by atoms with Crippen molar-refractivity contribution >= 4 is 51.7 Å². The Morgan fingerprint density at radius 2 is 1.83 bits per heavy atom. The lowest BCUT2D eigenvalue weighted by atomic mass is 9.72. The van der Waals surface area contributed by atoms with E-state index in [0.717, 1.165) is 6.20 Å². The zero-order valence-corrected chi connectivity index (χ0v) is 23.2. The predicted octanol–water partition coefficient (Wildman–Crippen LogP) is 5.31. The van der Waals surface area contributed by atoms with Gasteiger partial charge in [0.1, 0.15) is 11.0 Å². The Bertz CT molecular complexity index is 976. The number of hydrogen-bond acceptors (Lipinski definition) is 6. The van der Waals surface area contributed by atoms with E-state index in [-0.39, 0.29) is 50.0 Å². The quantitative estimate of drug-likeness (QED) is 0.340. The van der Waals surface area contributed by atoms with Gasteiger partial charge in [-0.2, -0.15) is 0 Å². The molecule has 3 N–H and O–H groups in total. The molecule has 10 heteroatoms. The van der Waals surface area contributed by atoms with Gasteiger partial charge >= 0.3 is 0 Å². The molecule has 1 unspecified atom stereocenters. The van der Waals surface area contributed by atoms with Crippen LogP contribution in [0, 0.1) is 10.8 Å². The van der Waals surface area contributed by atoms with E-state index in [4.69, 9.17) is 40.5 Å². The fourth-order valence-electron chi connectivity index (χ4n) is 4.18. The van der Waals surface area contributed by atoms with Crippen molar-refractivity contribution < 1.29 is 14.7 Å². The lowest BCUT2D eigenvalue weighted by molar-refractivity contribution is -0.129. The number of nitrogens with two attached hydrogens (primary N) is 1. The zero-order chi connectivity index (χ0) is 26.6. The number of ketones is 1. The van der Waals surface area contributed by atoms with Crippen LogP contribution in [0.15, 0.2) is 29.2 Å². The summed E-state index contributed by atoms with van der Waals surface area (Å²) in [7, 11) is 0. The van der Waals surface area contributed by atoms with E-state index in [1.54, 1.807) is 6.92 Å². The molecule has 35 heavy (non-hydrogen) atoms. The van der Waals surface area contributed by atoms with Crippen LogP contribution in [0.3, 0.4) is 0 Å². The van der Waals surface area contributed by atoms with Crippen molar-refractivity contribution in [2.45, 2.75) is 72.4 Å². The molecule has 1 saturated carbocycles. The smallest absolute Gasteiger partial charge is 0.258 e. The van der Waals surface area contributed by atoms with Gasteiger partial charge in [0.2, 0.25) is 0 Å². The molecule has 0 radical (unpaired) electrons. The average molecular weight is 546 g/mol. The summed E-state index contributed by atoms with van der Waals surface area (Å²) in [5.74, 6) is -0.282. The van der Waals surface area contributed by atoms with Gasteiger partial charge in [-0.3, -0.25) is 19.6 Å². The Labute approximate surface area is 222 Å².